The molecular formula is C9H19F3N2. The van der Waals surface area contributed by atoms with Gasteiger partial charge in [-0.15, -0.1) is 0 Å². The fourth-order valence-corrected chi connectivity index (χ4v) is 1.74. The zero-order chi connectivity index (χ0) is 11.5. The highest BCUT2D eigenvalue weighted by atomic mass is 19.4. The normalized spacial score (nSPS) is 15.6. The Labute approximate surface area is 83.3 Å². The van der Waals surface area contributed by atoms with E-state index in [2.05, 4.69) is 0 Å². The maximum Gasteiger partial charge on any atom is 0.405 e. The van der Waals surface area contributed by atoms with Crippen molar-refractivity contribution in [2.45, 2.75) is 52.0 Å². The molecule has 1 atom stereocenters. The molecule has 0 saturated carbocycles. The number of alkyl halides is 3. The molecule has 0 aliphatic carbocycles. The third-order valence-electron chi connectivity index (χ3n) is 2.15. The summed E-state index contributed by atoms with van der Waals surface area (Å²) in [4.78, 5) is 1.39. The van der Waals surface area contributed by atoms with Gasteiger partial charge < -0.3 is 5.73 Å². The SMILES string of the molecule is CC(C)N(C(C)C)C(CN)C(F)(F)F. The molecule has 0 rings (SSSR count). The van der Waals surface area contributed by atoms with E-state index >= 15 is 0 Å². The summed E-state index contributed by atoms with van der Waals surface area (Å²) in [6.45, 7) is 6.59. The van der Waals surface area contributed by atoms with E-state index in [9.17, 15) is 13.2 Å². The maximum absolute atomic E-state index is 12.6. The Hall–Kier alpha value is -0.290. The van der Waals surface area contributed by atoms with E-state index in [1.807, 2.05) is 0 Å². The van der Waals surface area contributed by atoms with Crippen molar-refractivity contribution >= 4 is 0 Å². The number of rotatable bonds is 4. The quantitative estimate of drug-likeness (QED) is 0.772. The van der Waals surface area contributed by atoms with E-state index in [0.29, 0.717) is 0 Å². The van der Waals surface area contributed by atoms with Gasteiger partial charge in [0, 0.05) is 18.6 Å². The van der Waals surface area contributed by atoms with Crippen LogP contribution in [0.5, 0.6) is 0 Å². The van der Waals surface area contributed by atoms with Gasteiger partial charge in [-0.05, 0) is 27.7 Å². The molecule has 2 N–H and O–H groups in total. The standard InChI is InChI=1S/C9H19F3N2/c1-6(2)14(7(3)4)8(5-13)9(10,11)12/h6-8H,5,13H2,1-4H3. The van der Waals surface area contributed by atoms with Crippen LogP contribution < -0.4 is 5.73 Å². The van der Waals surface area contributed by atoms with Crippen LogP contribution in [0.1, 0.15) is 27.7 Å². The second kappa shape index (κ2) is 4.98. The third kappa shape index (κ3) is 3.46. The van der Waals surface area contributed by atoms with Crippen molar-refractivity contribution in [2.24, 2.45) is 5.73 Å². The summed E-state index contributed by atoms with van der Waals surface area (Å²) in [7, 11) is 0. The van der Waals surface area contributed by atoms with E-state index < -0.39 is 12.2 Å². The summed E-state index contributed by atoms with van der Waals surface area (Å²) < 4.78 is 37.7. The van der Waals surface area contributed by atoms with Crippen molar-refractivity contribution < 1.29 is 13.2 Å². The molecule has 0 aromatic heterocycles. The number of nitrogens with zero attached hydrogens (tertiary/aromatic N) is 1. The van der Waals surface area contributed by atoms with Crippen molar-refractivity contribution in [3.05, 3.63) is 0 Å². The topological polar surface area (TPSA) is 29.3 Å². The number of halogens is 3. The summed E-state index contributed by atoms with van der Waals surface area (Å²) in [5.41, 5.74) is 5.17. The van der Waals surface area contributed by atoms with Crippen molar-refractivity contribution in [3.8, 4) is 0 Å². The Morgan fingerprint density at radius 3 is 1.50 bits per heavy atom. The Kier molecular flexibility index (Phi) is 4.88. The Morgan fingerprint density at radius 1 is 1.07 bits per heavy atom. The van der Waals surface area contributed by atoms with Crippen molar-refractivity contribution in [1.82, 2.24) is 4.90 Å². The molecule has 0 heterocycles. The molecule has 1 unspecified atom stereocenters. The van der Waals surface area contributed by atoms with Gasteiger partial charge in [-0.25, -0.2) is 0 Å². The lowest BCUT2D eigenvalue weighted by atomic mass is 10.1. The predicted molar refractivity (Wildman–Crippen MR) is 51.0 cm³/mol. The van der Waals surface area contributed by atoms with Crippen LogP contribution in [-0.4, -0.2) is 35.7 Å². The summed E-state index contributed by atoms with van der Waals surface area (Å²) in [5.74, 6) is 0. The summed E-state index contributed by atoms with van der Waals surface area (Å²) in [6.07, 6.45) is -4.25. The highest BCUT2D eigenvalue weighted by Gasteiger charge is 2.44. The Bertz CT molecular complexity index is 158. The molecule has 0 fully saturated rings. The maximum atomic E-state index is 12.6. The summed E-state index contributed by atoms with van der Waals surface area (Å²) in [5, 5.41) is 0. The first-order valence-electron chi connectivity index (χ1n) is 4.76. The molecule has 14 heavy (non-hydrogen) atoms. The first kappa shape index (κ1) is 13.7. The molecule has 86 valence electrons. The molecule has 0 aliphatic rings. The van der Waals surface area contributed by atoms with Crippen molar-refractivity contribution in [3.63, 3.8) is 0 Å². The van der Waals surface area contributed by atoms with Gasteiger partial charge in [-0.2, -0.15) is 13.2 Å². The van der Waals surface area contributed by atoms with E-state index in [1.54, 1.807) is 27.7 Å². The molecule has 0 aliphatic heterocycles. The first-order chi connectivity index (χ1) is 6.21. The monoisotopic (exact) mass is 212 g/mol. The van der Waals surface area contributed by atoms with Gasteiger partial charge in [0.05, 0.1) is 0 Å². The van der Waals surface area contributed by atoms with Gasteiger partial charge in [-0.3, -0.25) is 4.90 Å². The number of hydrogen-bond donors (Lipinski definition) is 1. The molecule has 0 saturated heterocycles. The van der Waals surface area contributed by atoms with Crippen LogP contribution in [0.2, 0.25) is 0 Å². The molecule has 0 amide bonds. The first-order valence-corrected chi connectivity index (χ1v) is 4.76. The zero-order valence-corrected chi connectivity index (χ0v) is 9.10. The molecule has 2 nitrogen and oxygen atoms in total. The van der Waals surface area contributed by atoms with Crippen LogP contribution in [0, 0.1) is 0 Å². The second-order valence-electron chi connectivity index (χ2n) is 3.93. The Balaban J connectivity index is 4.77. The minimum absolute atomic E-state index is 0.162. The second-order valence-corrected chi connectivity index (χ2v) is 3.93. The van der Waals surface area contributed by atoms with Gasteiger partial charge in [0.25, 0.3) is 0 Å². The fourth-order valence-electron chi connectivity index (χ4n) is 1.74. The smallest absolute Gasteiger partial charge is 0.329 e. The number of hydrogen-bond acceptors (Lipinski definition) is 2. The summed E-state index contributed by atoms with van der Waals surface area (Å²) in [6, 6.07) is -1.86. The molecule has 5 heteroatoms. The van der Waals surface area contributed by atoms with Gasteiger partial charge in [0.15, 0.2) is 0 Å². The van der Waals surface area contributed by atoms with Crippen LogP contribution in [0.15, 0.2) is 0 Å². The lowest BCUT2D eigenvalue weighted by molar-refractivity contribution is -0.190. The van der Waals surface area contributed by atoms with Crippen LogP contribution >= 0.6 is 0 Å². The third-order valence-corrected chi connectivity index (χ3v) is 2.15. The minimum Gasteiger partial charge on any atom is -0.329 e. The average molecular weight is 212 g/mol. The largest absolute Gasteiger partial charge is 0.405 e. The molecule has 0 spiro atoms. The molecule has 0 bridgehead atoms. The van der Waals surface area contributed by atoms with E-state index in [0.717, 1.165) is 0 Å². The zero-order valence-electron chi connectivity index (χ0n) is 9.10. The van der Waals surface area contributed by atoms with Gasteiger partial charge in [-0.1, -0.05) is 0 Å². The average Bonchev–Trinajstić information content (AvgIpc) is 1.95. The van der Waals surface area contributed by atoms with Crippen LogP contribution in [0.4, 0.5) is 13.2 Å². The number of nitrogens with two attached hydrogens (primary N) is 1. The molecular weight excluding hydrogens is 193 g/mol. The van der Waals surface area contributed by atoms with Crippen molar-refractivity contribution in [1.29, 1.82) is 0 Å². The highest BCUT2D eigenvalue weighted by molar-refractivity contribution is 4.84. The fraction of sp³-hybridized carbons (Fsp3) is 1.00. The predicted octanol–water partition coefficient (Wildman–Crippen LogP) is 1.99. The minimum atomic E-state index is -4.25. The summed E-state index contributed by atoms with van der Waals surface area (Å²) >= 11 is 0. The van der Waals surface area contributed by atoms with E-state index in [4.69, 9.17) is 5.73 Å². The molecule has 0 radical (unpaired) electrons. The Morgan fingerprint density at radius 2 is 1.43 bits per heavy atom. The van der Waals surface area contributed by atoms with Gasteiger partial charge >= 0.3 is 6.18 Å². The lowest BCUT2D eigenvalue weighted by Gasteiger charge is -2.38. The van der Waals surface area contributed by atoms with Crippen LogP contribution in [0.25, 0.3) is 0 Å². The van der Waals surface area contributed by atoms with Crippen LogP contribution in [-0.2, 0) is 0 Å². The van der Waals surface area contributed by atoms with Crippen molar-refractivity contribution in [2.75, 3.05) is 6.54 Å². The molecule has 0 aromatic carbocycles. The van der Waals surface area contributed by atoms with Gasteiger partial charge in [0.2, 0.25) is 0 Å². The van der Waals surface area contributed by atoms with Gasteiger partial charge in [0.1, 0.15) is 6.04 Å². The highest BCUT2D eigenvalue weighted by Crippen LogP contribution is 2.27. The van der Waals surface area contributed by atoms with E-state index in [-0.39, 0.29) is 18.6 Å². The van der Waals surface area contributed by atoms with Crippen LogP contribution in [0.3, 0.4) is 0 Å². The lowest BCUT2D eigenvalue weighted by Crippen LogP contribution is -2.55. The van der Waals surface area contributed by atoms with E-state index in [1.165, 1.54) is 4.90 Å². The molecule has 0 aromatic rings.